The zero-order valence-electron chi connectivity index (χ0n) is 11.8. The molecule has 0 unspecified atom stereocenters. The van der Waals surface area contributed by atoms with Crippen molar-refractivity contribution in [3.8, 4) is 0 Å². The second kappa shape index (κ2) is 8.88. The van der Waals surface area contributed by atoms with Gasteiger partial charge < -0.3 is 4.55 Å². The van der Waals surface area contributed by atoms with Gasteiger partial charge in [0.05, 0.1) is 0 Å². The fourth-order valence-corrected chi connectivity index (χ4v) is 11.1. The van der Waals surface area contributed by atoms with Gasteiger partial charge in [0.25, 0.3) is 0 Å². The van der Waals surface area contributed by atoms with Gasteiger partial charge in [-0.1, -0.05) is 0 Å². The normalized spacial score (nSPS) is 11.8. The molecule has 24 heavy (non-hydrogen) atoms. The van der Waals surface area contributed by atoms with Crippen molar-refractivity contribution >= 4 is 40.1 Å². The molecular formula is C14H11Cl2IO6S. The van der Waals surface area contributed by atoms with Crippen molar-refractivity contribution in [1.82, 2.24) is 0 Å². The van der Waals surface area contributed by atoms with E-state index in [1.165, 1.54) is 0 Å². The molecule has 0 radical (unpaired) electrons. The second-order valence-electron chi connectivity index (χ2n) is 4.04. The standard InChI is InChI=1S/C14H10Cl2IO2.H2O4S/c15-13(18)17(14(16)19,11-7-3-1-4-8-11)12-9-5-2-6-10-12;1-5(2,3)4/h1-10H;(H2,1,2,3,4)/q+1;/p-1. The predicted molar refractivity (Wildman–Crippen MR) is 85.1 cm³/mol. The summed E-state index contributed by atoms with van der Waals surface area (Å²) in [5.74, 6) is 0. The summed E-state index contributed by atoms with van der Waals surface area (Å²) in [7, 11) is -4.92. The third-order valence-corrected chi connectivity index (χ3v) is 13.2. The van der Waals surface area contributed by atoms with Crippen molar-refractivity contribution in [2.75, 3.05) is 0 Å². The molecule has 1 N–H and O–H groups in total. The van der Waals surface area contributed by atoms with E-state index in [0.29, 0.717) is 7.14 Å². The molecule has 0 amide bonds. The molecule has 0 fully saturated rings. The summed E-state index contributed by atoms with van der Waals surface area (Å²) in [6.07, 6.45) is 0. The largest absolute Gasteiger partial charge is 0.726 e. The zero-order valence-corrected chi connectivity index (χ0v) is 16.3. The first kappa shape index (κ1) is 21.0. The minimum absolute atomic E-state index is 0.635. The molecule has 0 saturated heterocycles. The average molecular weight is 505 g/mol. The number of hydrogen-bond acceptors (Lipinski definition) is 5. The van der Waals surface area contributed by atoms with E-state index in [-0.39, 0.29) is 0 Å². The van der Waals surface area contributed by atoms with Crippen molar-refractivity contribution in [2.45, 2.75) is 0 Å². The molecule has 2 rings (SSSR count). The van der Waals surface area contributed by atoms with E-state index in [4.69, 9.17) is 40.7 Å². The van der Waals surface area contributed by atoms with Crippen LogP contribution in [0.5, 0.6) is 0 Å². The Hall–Kier alpha value is -1.04. The third-order valence-electron chi connectivity index (χ3n) is 2.57. The van der Waals surface area contributed by atoms with Crippen LogP contribution in [0.3, 0.4) is 0 Å². The van der Waals surface area contributed by atoms with Crippen LogP contribution < -0.4 is 18.4 Å². The fourth-order valence-electron chi connectivity index (χ4n) is 1.73. The van der Waals surface area contributed by atoms with E-state index < -0.39 is 35.3 Å². The Labute approximate surface area is 152 Å². The Bertz CT molecular complexity index is 748. The Morgan fingerprint density at radius 3 is 1.29 bits per heavy atom. The van der Waals surface area contributed by atoms with Gasteiger partial charge >= 0.3 is 126 Å². The van der Waals surface area contributed by atoms with Crippen LogP contribution in [0.1, 0.15) is 0 Å². The molecule has 0 aliphatic rings. The van der Waals surface area contributed by atoms with Crippen LogP contribution in [0, 0.1) is 7.14 Å². The minimum Gasteiger partial charge on any atom is -0.726 e. The molecule has 10 heteroatoms. The van der Waals surface area contributed by atoms with Gasteiger partial charge in [0.2, 0.25) is 10.4 Å². The van der Waals surface area contributed by atoms with Crippen molar-refractivity contribution < 1.29 is 45.5 Å². The number of halogens is 3. The first-order valence-corrected chi connectivity index (χ1v) is 12.5. The topological polar surface area (TPSA) is 112 Å². The summed E-state index contributed by atoms with van der Waals surface area (Å²) in [5, 5.41) is 0. The quantitative estimate of drug-likeness (QED) is 0.282. The Kier molecular flexibility index (Phi) is 7.77. The molecule has 0 heterocycles. The first-order chi connectivity index (χ1) is 11.1. The average Bonchev–Trinajstić information content (AvgIpc) is 2.48. The molecular weight excluding hydrogens is 494 g/mol. The van der Waals surface area contributed by atoms with Gasteiger partial charge in [-0.05, 0) is 0 Å². The predicted octanol–water partition coefficient (Wildman–Crippen LogP) is 0.609. The van der Waals surface area contributed by atoms with Crippen LogP contribution in [-0.2, 0) is 10.4 Å². The Morgan fingerprint density at radius 2 is 1.08 bits per heavy atom. The third kappa shape index (κ3) is 5.50. The smallest absolute Gasteiger partial charge is 0.215 e. The van der Waals surface area contributed by atoms with Crippen LogP contribution in [0.4, 0.5) is 9.59 Å². The van der Waals surface area contributed by atoms with E-state index in [1.54, 1.807) is 48.5 Å². The molecule has 0 bridgehead atoms. The van der Waals surface area contributed by atoms with Gasteiger partial charge in [-0.15, -0.1) is 0 Å². The Morgan fingerprint density at radius 1 is 0.833 bits per heavy atom. The van der Waals surface area contributed by atoms with E-state index in [9.17, 15) is 9.59 Å². The number of carbonyl (C=O) groups excluding carboxylic acids is 2. The molecule has 6 nitrogen and oxygen atoms in total. The van der Waals surface area contributed by atoms with E-state index in [1.807, 2.05) is 12.1 Å². The van der Waals surface area contributed by atoms with Crippen LogP contribution >= 0.6 is 23.2 Å². The van der Waals surface area contributed by atoms with Gasteiger partial charge in [0.1, 0.15) is 0 Å². The SMILES string of the molecule is O=C(Cl)[I+](C(=O)Cl)(c1ccccc1)c1ccccc1.O=S(=O)([O-])O. The fraction of sp³-hybridized carbons (Fsp3) is 0. The summed E-state index contributed by atoms with van der Waals surface area (Å²) in [6, 6.07) is 17.7. The van der Waals surface area contributed by atoms with Crippen molar-refractivity contribution in [3.05, 3.63) is 67.8 Å². The van der Waals surface area contributed by atoms with E-state index >= 15 is 0 Å². The molecule has 0 aliphatic carbocycles. The zero-order chi connectivity index (χ0) is 18.4. The van der Waals surface area contributed by atoms with Gasteiger partial charge in [0.15, 0.2) is 0 Å². The summed E-state index contributed by atoms with van der Waals surface area (Å²) < 4.78 is 32.8. The maximum absolute atomic E-state index is 12.0. The van der Waals surface area contributed by atoms with Crippen molar-refractivity contribution in [1.29, 1.82) is 0 Å². The molecule has 0 aromatic heterocycles. The monoisotopic (exact) mass is 504 g/mol. The first-order valence-electron chi connectivity index (χ1n) is 6.05. The minimum atomic E-state index is -4.92. The van der Waals surface area contributed by atoms with Crippen molar-refractivity contribution in [3.63, 3.8) is 0 Å². The van der Waals surface area contributed by atoms with Crippen molar-refractivity contribution in [2.24, 2.45) is 0 Å². The van der Waals surface area contributed by atoms with E-state index in [0.717, 1.165) is 0 Å². The number of carbonyl (C=O) groups is 2. The summed E-state index contributed by atoms with van der Waals surface area (Å²) in [4.78, 5) is 24.1. The number of rotatable bonds is 4. The summed E-state index contributed by atoms with van der Waals surface area (Å²) >= 11 is 7.62. The van der Waals surface area contributed by atoms with Crippen LogP contribution in [-0.4, -0.2) is 24.0 Å². The maximum atomic E-state index is 12.0. The molecule has 2 aromatic carbocycles. The molecule has 0 saturated carbocycles. The van der Waals surface area contributed by atoms with Gasteiger partial charge in [-0.25, -0.2) is 8.42 Å². The number of benzene rings is 2. The number of hydrogen-bond donors (Lipinski definition) is 1. The van der Waals surface area contributed by atoms with Crippen LogP contribution in [0.2, 0.25) is 0 Å². The summed E-state index contributed by atoms with van der Waals surface area (Å²) in [6.45, 7) is 0. The Balaban J connectivity index is 0.000000505. The van der Waals surface area contributed by atoms with E-state index in [2.05, 4.69) is 0 Å². The van der Waals surface area contributed by atoms with Gasteiger partial charge in [0, 0.05) is 0 Å². The van der Waals surface area contributed by atoms with Gasteiger partial charge in [-0.2, -0.15) is 0 Å². The summed E-state index contributed by atoms with van der Waals surface area (Å²) in [5.41, 5.74) is 0. The molecule has 0 spiro atoms. The van der Waals surface area contributed by atoms with Crippen LogP contribution in [0.15, 0.2) is 60.7 Å². The molecule has 0 atom stereocenters. The second-order valence-corrected chi connectivity index (χ2v) is 14.5. The molecule has 130 valence electrons. The molecule has 2 aromatic rings. The van der Waals surface area contributed by atoms with Gasteiger partial charge in [-0.3, -0.25) is 4.55 Å². The van der Waals surface area contributed by atoms with Crippen LogP contribution in [0.25, 0.3) is 0 Å². The maximum Gasteiger partial charge on any atom is 0.215 e. The molecule has 0 aliphatic heterocycles.